The van der Waals surface area contributed by atoms with Crippen molar-refractivity contribution in [3.8, 4) is 0 Å². The molecule has 0 saturated heterocycles. The molecule has 0 spiro atoms. The lowest BCUT2D eigenvalue weighted by molar-refractivity contribution is -0.121. The van der Waals surface area contributed by atoms with Crippen molar-refractivity contribution in [2.75, 3.05) is 11.9 Å². The molecule has 1 aromatic rings. The molecule has 0 aliphatic carbocycles. The Morgan fingerprint density at radius 1 is 1.56 bits per heavy atom. The Morgan fingerprint density at radius 3 is 3.00 bits per heavy atom. The monoisotopic (exact) mass is 305 g/mol. The smallest absolute Gasteiger partial charge is 0.220 e. The zero-order chi connectivity index (χ0) is 11.8. The van der Waals surface area contributed by atoms with Gasteiger partial charge in [0.2, 0.25) is 5.91 Å². The molecule has 2 N–H and O–H groups in total. The highest BCUT2D eigenvalue weighted by molar-refractivity contribution is 9.09. The van der Waals surface area contributed by atoms with E-state index in [4.69, 9.17) is 0 Å². The van der Waals surface area contributed by atoms with Gasteiger partial charge in [0, 0.05) is 18.3 Å². The highest BCUT2D eigenvalue weighted by Crippen LogP contribution is 2.15. The van der Waals surface area contributed by atoms with Crippen LogP contribution in [0.25, 0.3) is 0 Å². The fourth-order valence-electron chi connectivity index (χ4n) is 1.26. The Hall–Kier alpha value is -0.390. The van der Waals surface area contributed by atoms with Gasteiger partial charge in [-0.1, -0.05) is 15.9 Å². The van der Waals surface area contributed by atoms with E-state index in [1.165, 1.54) is 0 Å². The second-order valence-corrected chi connectivity index (χ2v) is 5.10. The fraction of sp³-hybridized carbons (Fsp3) is 0.545. The van der Waals surface area contributed by atoms with Crippen LogP contribution in [0.5, 0.6) is 0 Å². The third-order valence-corrected chi connectivity index (χ3v) is 3.47. The lowest BCUT2D eigenvalue weighted by Crippen LogP contribution is -2.27. The van der Waals surface area contributed by atoms with Crippen LogP contribution in [-0.4, -0.2) is 22.9 Å². The van der Waals surface area contributed by atoms with Gasteiger partial charge < -0.3 is 10.4 Å². The van der Waals surface area contributed by atoms with Crippen molar-refractivity contribution in [1.82, 2.24) is 5.32 Å². The van der Waals surface area contributed by atoms with Crippen LogP contribution in [0.4, 0.5) is 0 Å². The molecule has 0 bridgehead atoms. The average molecular weight is 306 g/mol. The Labute approximate surface area is 108 Å². The maximum absolute atomic E-state index is 11.4. The predicted octanol–water partition coefficient (Wildman–Crippen LogP) is 2.46. The Morgan fingerprint density at radius 2 is 2.38 bits per heavy atom. The molecule has 1 atom stereocenters. The number of carbonyl (C=O) groups excluding carboxylic acids is 1. The van der Waals surface area contributed by atoms with Gasteiger partial charge in [-0.25, -0.2) is 0 Å². The van der Waals surface area contributed by atoms with E-state index in [2.05, 4.69) is 21.2 Å². The van der Waals surface area contributed by atoms with Crippen LogP contribution in [0.15, 0.2) is 16.8 Å². The number of hydrogen-bond acceptors (Lipinski definition) is 3. The highest BCUT2D eigenvalue weighted by atomic mass is 79.9. The summed E-state index contributed by atoms with van der Waals surface area (Å²) in [5.74, 6) is 0.00947. The minimum Gasteiger partial charge on any atom is -0.387 e. The minimum absolute atomic E-state index is 0.00947. The zero-order valence-electron chi connectivity index (χ0n) is 8.99. The van der Waals surface area contributed by atoms with E-state index in [1.807, 2.05) is 16.8 Å². The number of thiophene rings is 1. The van der Waals surface area contributed by atoms with Gasteiger partial charge in [-0.15, -0.1) is 0 Å². The molecule has 1 aromatic heterocycles. The molecule has 16 heavy (non-hydrogen) atoms. The number of halogens is 1. The molecule has 0 saturated carbocycles. The number of unbranched alkanes of at least 4 members (excludes halogenated alkanes) is 1. The molecule has 3 nitrogen and oxygen atoms in total. The Bertz CT molecular complexity index is 303. The van der Waals surface area contributed by atoms with Crippen molar-refractivity contribution in [1.29, 1.82) is 0 Å². The first-order valence-electron chi connectivity index (χ1n) is 5.27. The normalized spacial score (nSPS) is 12.4. The summed E-state index contributed by atoms with van der Waals surface area (Å²) in [7, 11) is 0. The molecule has 0 fully saturated rings. The van der Waals surface area contributed by atoms with E-state index in [0.29, 0.717) is 13.0 Å². The van der Waals surface area contributed by atoms with E-state index in [1.54, 1.807) is 11.3 Å². The van der Waals surface area contributed by atoms with Crippen LogP contribution in [0.3, 0.4) is 0 Å². The van der Waals surface area contributed by atoms with Crippen molar-refractivity contribution in [3.05, 3.63) is 22.4 Å². The van der Waals surface area contributed by atoms with Crippen LogP contribution < -0.4 is 5.32 Å². The number of carbonyl (C=O) groups is 1. The third kappa shape index (κ3) is 5.09. The number of amides is 1. The SMILES string of the molecule is O=C(CCCCBr)NCC(O)c1ccsc1. The third-order valence-electron chi connectivity index (χ3n) is 2.21. The number of nitrogens with one attached hydrogen (secondary N) is 1. The summed E-state index contributed by atoms with van der Waals surface area (Å²) >= 11 is 4.86. The van der Waals surface area contributed by atoms with Crippen LogP contribution in [0.1, 0.15) is 30.9 Å². The number of rotatable bonds is 7. The Balaban J connectivity index is 2.16. The lowest BCUT2D eigenvalue weighted by Gasteiger charge is -2.10. The van der Waals surface area contributed by atoms with Gasteiger partial charge in [0.15, 0.2) is 0 Å². The molecule has 1 rings (SSSR count). The van der Waals surface area contributed by atoms with E-state index in [9.17, 15) is 9.90 Å². The van der Waals surface area contributed by atoms with Crippen molar-refractivity contribution in [3.63, 3.8) is 0 Å². The van der Waals surface area contributed by atoms with E-state index >= 15 is 0 Å². The lowest BCUT2D eigenvalue weighted by atomic mass is 10.2. The second-order valence-electron chi connectivity index (χ2n) is 3.52. The van der Waals surface area contributed by atoms with Crippen molar-refractivity contribution in [2.45, 2.75) is 25.4 Å². The predicted molar refractivity (Wildman–Crippen MR) is 69.9 cm³/mol. The molecule has 0 aromatic carbocycles. The molecule has 1 amide bonds. The molecule has 90 valence electrons. The number of aliphatic hydroxyl groups is 1. The van der Waals surface area contributed by atoms with Crippen LogP contribution in [0, 0.1) is 0 Å². The molecule has 0 radical (unpaired) electrons. The van der Waals surface area contributed by atoms with Gasteiger partial charge in [0.1, 0.15) is 0 Å². The zero-order valence-corrected chi connectivity index (χ0v) is 11.4. The summed E-state index contributed by atoms with van der Waals surface area (Å²) in [6, 6.07) is 1.87. The fourth-order valence-corrected chi connectivity index (χ4v) is 2.36. The number of hydrogen-bond donors (Lipinski definition) is 2. The van der Waals surface area contributed by atoms with Gasteiger partial charge in [0.25, 0.3) is 0 Å². The average Bonchev–Trinajstić information content (AvgIpc) is 2.79. The summed E-state index contributed by atoms with van der Waals surface area (Å²) in [6.45, 7) is 0.296. The van der Waals surface area contributed by atoms with Gasteiger partial charge in [-0.3, -0.25) is 4.79 Å². The molecular formula is C11H16BrNO2S. The van der Waals surface area contributed by atoms with Crippen molar-refractivity contribution >= 4 is 33.2 Å². The topological polar surface area (TPSA) is 49.3 Å². The molecular weight excluding hydrogens is 290 g/mol. The molecule has 1 heterocycles. The standard InChI is InChI=1S/C11H16BrNO2S/c12-5-2-1-3-11(15)13-7-10(14)9-4-6-16-8-9/h4,6,8,10,14H,1-3,5,7H2,(H,13,15). The summed E-state index contributed by atoms with van der Waals surface area (Å²) in [6.07, 6.45) is 1.82. The molecule has 0 aliphatic rings. The maximum Gasteiger partial charge on any atom is 0.220 e. The van der Waals surface area contributed by atoms with Gasteiger partial charge in [0.05, 0.1) is 6.10 Å². The van der Waals surface area contributed by atoms with Crippen molar-refractivity contribution < 1.29 is 9.90 Å². The quantitative estimate of drug-likeness (QED) is 0.600. The van der Waals surface area contributed by atoms with E-state index in [-0.39, 0.29) is 5.91 Å². The first-order valence-corrected chi connectivity index (χ1v) is 7.33. The molecule has 1 unspecified atom stereocenters. The largest absolute Gasteiger partial charge is 0.387 e. The minimum atomic E-state index is -0.591. The summed E-state index contributed by atoms with van der Waals surface area (Å²) in [5.41, 5.74) is 0.866. The molecule has 5 heteroatoms. The van der Waals surface area contributed by atoms with Gasteiger partial charge in [-0.2, -0.15) is 11.3 Å². The Kier molecular flexibility index (Phi) is 6.68. The van der Waals surface area contributed by atoms with Crippen LogP contribution in [-0.2, 0) is 4.79 Å². The molecule has 0 aliphatic heterocycles. The van der Waals surface area contributed by atoms with E-state index < -0.39 is 6.10 Å². The summed E-state index contributed by atoms with van der Waals surface area (Å²) in [4.78, 5) is 11.4. The highest BCUT2D eigenvalue weighted by Gasteiger charge is 2.09. The first kappa shape index (κ1) is 13.7. The second kappa shape index (κ2) is 7.81. The number of alkyl halides is 1. The van der Waals surface area contributed by atoms with Crippen LogP contribution in [0.2, 0.25) is 0 Å². The maximum atomic E-state index is 11.4. The van der Waals surface area contributed by atoms with Gasteiger partial charge in [-0.05, 0) is 35.2 Å². The summed E-state index contributed by atoms with van der Waals surface area (Å²) < 4.78 is 0. The number of aliphatic hydroxyl groups excluding tert-OH is 1. The van der Waals surface area contributed by atoms with Crippen LogP contribution >= 0.6 is 27.3 Å². The van der Waals surface area contributed by atoms with Gasteiger partial charge >= 0.3 is 0 Å². The van der Waals surface area contributed by atoms with E-state index in [0.717, 1.165) is 23.7 Å². The first-order chi connectivity index (χ1) is 7.74. The summed E-state index contributed by atoms with van der Waals surface area (Å²) in [5, 5.41) is 17.2. The van der Waals surface area contributed by atoms with Crippen molar-refractivity contribution in [2.24, 2.45) is 0 Å².